The van der Waals surface area contributed by atoms with Gasteiger partial charge in [0.05, 0.1) is 25.5 Å². The smallest absolute Gasteiger partial charge is 0.262 e. The number of carbonyl (C=O) groups excluding carboxylic acids is 2. The summed E-state index contributed by atoms with van der Waals surface area (Å²) in [6.07, 6.45) is 0.613. The maximum Gasteiger partial charge on any atom is 0.262 e. The van der Waals surface area contributed by atoms with Crippen LogP contribution in [0.25, 0.3) is 0 Å². The highest BCUT2D eigenvalue weighted by Gasteiger charge is 2.13. The number of hydrogen-bond donors (Lipinski definition) is 2. The number of ether oxygens (including phenoxy) is 3. The molecule has 172 valence electrons. The monoisotopic (exact) mass is 512 g/mol. The number of rotatable bonds is 10. The third-order valence-corrected chi connectivity index (χ3v) is 5.31. The van der Waals surface area contributed by atoms with Crippen LogP contribution in [0.4, 0.5) is 5.69 Å². The molecule has 0 unspecified atom stereocenters. The summed E-state index contributed by atoms with van der Waals surface area (Å²) in [5.74, 6) is 1.23. The minimum Gasteiger partial charge on any atom is -0.493 e. The Morgan fingerprint density at radius 3 is 2.36 bits per heavy atom. The molecule has 3 rings (SSSR count). The van der Waals surface area contributed by atoms with Gasteiger partial charge in [-0.15, -0.1) is 0 Å². The second-order valence-electron chi connectivity index (χ2n) is 7.03. The molecule has 0 heterocycles. The van der Waals surface area contributed by atoms with Crippen molar-refractivity contribution in [2.24, 2.45) is 0 Å². The Morgan fingerprint density at radius 2 is 1.64 bits per heavy atom. The average Bonchev–Trinajstić information content (AvgIpc) is 2.83. The van der Waals surface area contributed by atoms with Crippen molar-refractivity contribution in [2.75, 3.05) is 32.7 Å². The number of carbonyl (C=O) groups is 2. The first-order chi connectivity index (χ1) is 16.0. The van der Waals surface area contributed by atoms with Crippen molar-refractivity contribution < 1.29 is 23.8 Å². The number of para-hydroxylation sites is 1. The molecule has 8 heteroatoms. The van der Waals surface area contributed by atoms with Crippen LogP contribution in [-0.4, -0.2) is 39.2 Å². The predicted molar refractivity (Wildman–Crippen MR) is 130 cm³/mol. The number of halogens is 1. The zero-order valence-electron chi connectivity index (χ0n) is 18.4. The molecule has 0 bridgehead atoms. The molecule has 0 saturated carbocycles. The zero-order chi connectivity index (χ0) is 23.6. The fourth-order valence-corrected chi connectivity index (χ4v) is 3.37. The van der Waals surface area contributed by atoms with Crippen molar-refractivity contribution in [1.82, 2.24) is 5.32 Å². The number of methoxy groups -OCH3 is 2. The Balaban J connectivity index is 1.55. The van der Waals surface area contributed by atoms with E-state index in [9.17, 15) is 9.59 Å². The van der Waals surface area contributed by atoms with Crippen LogP contribution in [0.1, 0.15) is 15.9 Å². The molecule has 7 nitrogen and oxygen atoms in total. The molecule has 0 radical (unpaired) electrons. The molecule has 2 N–H and O–H groups in total. The van der Waals surface area contributed by atoms with E-state index >= 15 is 0 Å². The Labute approximate surface area is 201 Å². The van der Waals surface area contributed by atoms with Crippen LogP contribution in [0.2, 0.25) is 0 Å². The Bertz CT molecular complexity index is 1100. The zero-order valence-corrected chi connectivity index (χ0v) is 20.0. The molecular weight excluding hydrogens is 488 g/mol. The number of benzene rings is 3. The first kappa shape index (κ1) is 24.1. The van der Waals surface area contributed by atoms with E-state index in [0.29, 0.717) is 41.5 Å². The van der Waals surface area contributed by atoms with Crippen LogP contribution in [0.3, 0.4) is 0 Å². The number of nitrogens with one attached hydrogen (secondary N) is 2. The van der Waals surface area contributed by atoms with E-state index in [1.807, 2.05) is 30.3 Å². The fourth-order valence-electron chi connectivity index (χ4n) is 3.11. The minimum atomic E-state index is -0.358. The van der Waals surface area contributed by atoms with Gasteiger partial charge in [-0.1, -0.05) is 34.1 Å². The molecule has 2 amide bonds. The lowest BCUT2D eigenvalue weighted by Gasteiger charge is -2.13. The fraction of sp³-hybridized carbons (Fsp3) is 0.200. The lowest BCUT2D eigenvalue weighted by atomic mass is 10.1. The largest absolute Gasteiger partial charge is 0.493 e. The molecule has 0 fully saturated rings. The van der Waals surface area contributed by atoms with Crippen LogP contribution in [0.15, 0.2) is 71.2 Å². The highest BCUT2D eigenvalue weighted by atomic mass is 79.9. The van der Waals surface area contributed by atoms with Gasteiger partial charge in [-0.3, -0.25) is 9.59 Å². The first-order valence-corrected chi connectivity index (χ1v) is 11.1. The van der Waals surface area contributed by atoms with E-state index in [1.165, 1.54) is 0 Å². The number of amides is 2. The van der Waals surface area contributed by atoms with Crippen LogP contribution < -0.4 is 24.8 Å². The van der Waals surface area contributed by atoms with Gasteiger partial charge in [-0.05, 0) is 60.5 Å². The molecule has 3 aromatic rings. The Morgan fingerprint density at radius 1 is 0.909 bits per heavy atom. The molecule has 0 spiro atoms. The van der Waals surface area contributed by atoms with E-state index in [-0.39, 0.29) is 18.4 Å². The Hall–Kier alpha value is -3.52. The predicted octanol–water partition coefficient (Wildman–Crippen LogP) is 4.46. The van der Waals surface area contributed by atoms with Gasteiger partial charge < -0.3 is 24.8 Å². The van der Waals surface area contributed by atoms with Crippen LogP contribution >= 0.6 is 15.9 Å². The summed E-state index contributed by atoms with van der Waals surface area (Å²) in [6.45, 7) is 0.250. The third-order valence-electron chi connectivity index (χ3n) is 4.78. The van der Waals surface area contributed by atoms with Crippen molar-refractivity contribution in [1.29, 1.82) is 0 Å². The standard InChI is InChI=1S/C25H25BrN2O5/c1-31-22-12-7-17(15-23(22)32-2)13-14-27-25(30)20-5-3-4-6-21(20)28-24(29)16-33-19-10-8-18(26)9-11-19/h3-12,15H,13-14,16H2,1-2H3,(H,27,30)(H,28,29). The lowest BCUT2D eigenvalue weighted by Crippen LogP contribution is -2.28. The number of anilines is 1. The SMILES string of the molecule is COc1ccc(CCNC(=O)c2ccccc2NC(=O)COc2ccc(Br)cc2)cc1OC. The summed E-state index contributed by atoms with van der Waals surface area (Å²) in [4.78, 5) is 25.1. The summed E-state index contributed by atoms with van der Waals surface area (Å²) in [5, 5.41) is 5.64. The molecule has 0 aliphatic carbocycles. The number of hydrogen-bond acceptors (Lipinski definition) is 5. The Kier molecular flexibility index (Phi) is 8.71. The van der Waals surface area contributed by atoms with Gasteiger partial charge in [0.15, 0.2) is 18.1 Å². The quantitative estimate of drug-likeness (QED) is 0.418. The molecule has 0 aliphatic rings. The van der Waals surface area contributed by atoms with Gasteiger partial charge in [0.2, 0.25) is 0 Å². The third kappa shape index (κ3) is 6.98. The molecule has 0 saturated heterocycles. The van der Waals surface area contributed by atoms with Crippen molar-refractivity contribution in [2.45, 2.75) is 6.42 Å². The minimum absolute atomic E-state index is 0.170. The first-order valence-electron chi connectivity index (χ1n) is 10.3. The van der Waals surface area contributed by atoms with E-state index in [2.05, 4.69) is 26.6 Å². The highest BCUT2D eigenvalue weighted by molar-refractivity contribution is 9.10. The van der Waals surface area contributed by atoms with Crippen molar-refractivity contribution in [3.63, 3.8) is 0 Å². The molecule has 33 heavy (non-hydrogen) atoms. The molecule has 0 atom stereocenters. The maximum absolute atomic E-state index is 12.7. The summed E-state index contributed by atoms with van der Waals surface area (Å²) < 4.78 is 17.0. The average molecular weight is 513 g/mol. The molecule has 0 aromatic heterocycles. The molecule has 3 aromatic carbocycles. The van der Waals surface area contributed by atoms with Crippen molar-refractivity contribution >= 4 is 33.4 Å². The van der Waals surface area contributed by atoms with Crippen molar-refractivity contribution in [3.05, 3.63) is 82.3 Å². The van der Waals surface area contributed by atoms with Crippen molar-refractivity contribution in [3.8, 4) is 17.2 Å². The van der Waals surface area contributed by atoms with Gasteiger partial charge >= 0.3 is 0 Å². The molecular formula is C25H25BrN2O5. The van der Waals surface area contributed by atoms with Gasteiger partial charge in [0.25, 0.3) is 11.8 Å². The van der Waals surface area contributed by atoms with Crippen LogP contribution in [0.5, 0.6) is 17.2 Å². The van der Waals surface area contributed by atoms with Gasteiger partial charge in [-0.25, -0.2) is 0 Å². The maximum atomic E-state index is 12.7. The second kappa shape index (κ2) is 11.9. The topological polar surface area (TPSA) is 85.9 Å². The van der Waals surface area contributed by atoms with Gasteiger partial charge in [-0.2, -0.15) is 0 Å². The van der Waals surface area contributed by atoms with E-state index in [4.69, 9.17) is 14.2 Å². The lowest BCUT2D eigenvalue weighted by molar-refractivity contribution is -0.118. The summed E-state index contributed by atoms with van der Waals surface area (Å²) >= 11 is 3.35. The summed E-state index contributed by atoms with van der Waals surface area (Å²) in [6, 6.07) is 19.7. The van der Waals surface area contributed by atoms with Gasteiger partial charge in [0, 0.05) is 11.0 Å². The van der Waals surface area contributed by atoms with E-state index in [0.717, 1.165) is 10.0 Å². The van der Waals surface area contributed by atoms with Gasteiger partial charge in [0.1, 0.15) is 5.75 Å². The van der Waals surface area contributed by atoms with E-state index in [1.54, 1.807) is 50.6 Å². The summed E-state index contributed by atoms with van der Waals surface area (Å²) in [5.41, 5.74) is 1.80. The molecule has 0 aliphatic heterocycles. The van der Waals surface area contributed by atoms with E-state index < -0.39 is 0 Å². The van der Waals surface area contributed by atoms with Crippen LogP contribution in [-0.2, 0) is 11.2 Å². The highest BCUT2D eigenvalue weighted by Crippen LogP contribution is 2.27. The van der Waals surface area contributed by atoms with Crippen LogP contribution in [0, 0.1) is 0 Å². The normalized spacial score (nSPS) is 10.3. The second-order valence-corrected chi connectivity index (χ2v) is 7.95. The summed E-state index contributed by atoms with van der Waals surface area (Å²) in [7, 11) is 3.17.